The summed E-state index contributed by atoms with van der Waals surface area (Å²) in [6.45, 7) is 0.0308. The number of phenolic OH excluding ortho intramolecular Hbond substituents is 1. The van der Waals surface area contributed by atoms with E-state index in [1.807, 2.05) is 48.5 Å². The third-order valence-electron chi connectivity index (χ3n) is 5.44. The van der Waals surface area contributed by atoms with Crippen molar-refractivity contribution in [2.45, 2.75) is 24.7 Å². The third kappa shape index (κ3) is 3.63. The van der Waals surface area contributed by atoms with Crippen LogP contribution in [0.3, 0.4) is 0 Å². The van der Waals surface area contributed by atoms with E-state index in [2.05, 4.69) is 0 Å². The largest absolute Gasteiger partial charge is 0.508 e. The van der Waals surface area contributed by atoms with Crippen LogP contribution in [0.2, 0.25) is 0 Å². The Balaban J connectivity index is 1.75. The first-order chi connectivity index (χ1) is 13.7. The van der Waals surface area contributed by atoms with Gasteiger partial charge in [0.25, 0.3) is 0 Å². The van der Waals surface area contributed by atoms with Gasteiger partial charge in [-0.1, -0.05) is 30.3 Å². The molecule has 1 aliphatic carbocycles. The van der Waals surface area contributed by atoms with Gasteiger partial charge in [0.2, 0.25) is 0 Å². The SMILES string of the molecule is O=CCOc1ccc(C2c3ccc(O)cc3CCC2c2ccc(F)cc2)cc1. The molecule has 0 spiro atoms. The van der Waals surface area contributed by atoms with Gasteiger partial charge in [0.1, 0.15) is 23.9 Å². The van der Waals surface area contributed by atoms with Crippen molar-refractivity contribution >= 4 is 6.29 Å². The predicted molar refractivity (Wildman–Crippen MR) is 105 cm³/mol. The summed E-state index contributed by atoms with van der Waals surface area (Å²) in [5, 5.41) is 9.89. The number of aldehydes is 1. The van der Waals surface area contributed by atoms with Crippen molar-refractivity contribution < 1.29 is 19.0 Å². The molecular formula is C24H21FO3. The van der Waals surface area contributed by atoms with Crippen molar-refractivity contribution in [1.82, 2.24) is 0 Å². The van der Waals surface area contributed by atoms with Crippen molar-refractivity contribution in [3.8, 4) is 11.5 Å². The number of carbonyl (C=O) groups is 1. The molecule has 0 heterocycles. The van der Waals surface area contributed by atoms with Gasteiger partial charge in [-0.2, -0.15) is 0 Å². The quantitative estimate of drug-likeness (QED) is 0.640. The second-order valence-electron chi connectivity index (χ2n) is 7.10. The Kier molecular flexibility index (Phi) is 5.11. The highest BCUT2D eigenvalue weighted by Gasteiger charge is 2.32. The van der Waals surface area contributed by atoms with Gasteiger partial charge in [-0.25, -0.2) is 4.39 Å². The van der Waals surface area contributed by atoms with Gasteiger partial charge in [-0.05, 0) is 77.4 Å². The van der Waals surface area contributed by atoms with Crippen molar-refractivity contribution in [1.29, 1.82) is 0 Å². The lowest BCUT2D eigenvalue weighted by atomic mass is 9.69. The monoisotopic (exact) mass is 376 g/mol. The third-order valence-corrected chi connectivity index (χ3v) is 5.44. The van der Waals surface area contributed by atoms with Crippen LogP contribution < -0.4 is 4.74 Å². The van der Waals surface area contributed by atoms with Crippen LogP contribution in [0, 0.1) is 5.82 Å². The molecule has 142 valence electrons. The van der Waals surface area contributed by atoms with E-state index in [1.165, 1.54) is 17.7 Å². The van der Waals surface area contributed by atoms with Gasteiger partial charge in [-0.15, -0.1) is 0 Å². The van der Waals surface area contributed by atoms with E-state index in [9.17, 15) is 14.3 Å². The lowest BCUT2D eigenvalue weighted by molar-refractivity contribution is -0.109. The van der Waals surface area contributed by atoms with Crippen molar-refractivity contribution in [3.05, 3.63) is 94.8 Å². The highest BCUT2D eigenvalue weighted by molar-refractivity contribution is 5.52. The fourth-order valence-electron chi connectivity index (χ4n) is 4.19. The summed E-state index contributed by atoms with van der Waals surface area (Å²) in [6.07, 6.45) is 2.50. The molecule has 0 aromatic heterocycles. The van der Waals surface area contributed by atoms with E-state index in [1.54, 1.807) is 6.07 Å². The Bertz CT molecular complexity index is 964. The first-order valence-electron chi connectivity index (χ1n) is 9.39. The smallest absolute Gasteiger partial charge is 0.157 e. The predicted octanol–water partition coefficient (Wildman–Crippen LogP) is 4.97. The number of hydrogen-bond donors (Lipinski definition) is 1. The molecule has 0 amide bonds. The number of carbonyl (C=O) groups excluding carboxylic acids is 1. The van der Waals surface area contributed by atoms with Gasteiger partial charge < -0.3 is 9.84 Å². The number of phenols is 1. The summed E-state index contributed by atoms with van der Waals surface area (Å²) >= 11 is 0. The fourth-order valence-corrected chi connectivity index (χ4v) is 4.19. The summed E-state index contributed by atoms with van der Waals surface area (Å²) in [5.74, 6) is 0.985. The zero-order chi connectivity index (χ0) is 19.5. The van der Waals surface area contributed by atoms with E-state index in [-0.39, 0.29) is 30.0 Å². The molecular weight excluding hydrogens is 355 g/mol. The zero-order valence-electron chi connectivity index (χ0n) is 15.3. The molecule has 0 saturated carbocycles. The van der Waals surface area contributed by atoms with Gasteiger partial charge in [0, 0.05) is 5.92 Å². The summed E-state index contributed by atoms with van der Waals surface area (Å²) in [7, 11) is 0. The topological polar surface area (TPSA) is 46.5 Å². The highest BCUT2D eigenvalue weighted by Crippen LogP contribution is 2.47. The highest BCUT2D eigenvalue weighted by atomic mass is 19.1. The second-order valence-corrected chi connectivity index (χ2v) is 7.10. The Morgan fingerprint density at radius 2 is 1.71 bits per heavy atom. The molecule has 4 rings (SSSR count). The Morgan fingerprint density at radius 1 is 1.00 bits per heavy atom. The lowest BCUT2D eigenvalue weighted by Gasteiger charge is -2.35. The number of aryl methyl sites for hydroxylation is 1. The van der Waals surface area contributed by atoms with E-state index in [0.717, 1.165) is 35.8 Å². The molecule has 2 atom stereocenters. The standard InChI is InChI=1S/C24H21FO3/c25-19-6-1-16(2-7-19)22-11-5-18-15-20(27)8-12-23(18)24(22)17-3-9-21(10-4-17)28-14-13-26/h1-4,6-10,12-13,15,22,24,27H,5,11,14H2. The summed E-state index contributed by atoms with van der Waals surface area (Å²) in [4.78, 5) is 10.5. The molecule has 3 nitrogen and oxygen atoms in total. The zero-order valence-corrected chi connectivity index (χ0v) is 15.3. The molecule has 28 heavy (non-hydrogen) atoms. The van der Waals surface area contributed by atoms with E-state index >= 15 is 0 Å². The molecule has 4 heteroatoms. The van der Waals surface area contributed by atoms with Crippen LogP contribution in [-0.4, -0.2) is 18.0 Å². The molecule has 2 unspecified atom stereocenters. The van der Waals surface area contributed by atoms with Gasteiger partial charge in [0.15, 0.2) is 6.29 Å². The summed E-state index contributed by atoms with van der Waals surface area (Å²) in [6, 6.07) is 20.1. The molecule has 3 aromatic carbocycles. The summed E-state index contributed by atoms with van der Waals surface area (Å²) in [5.41, 5.74) is 4.55. The number of fused-ring (bicyclic) bond motifs is 1. The van der Waals surface area contributed by atoms with E-state index in [4.69, 9.17) is 4.74 Å². The first-order valence-corrected chi connectivity index (χ1v) is 9.39. The van der Waals surface area contributed by atoms with Crippen LogP contribution in [0.1, 0.15) is 40.5 Å². The molecule has 3 aromatic rings. The van der Waals surface area contributed by atoms with Gasteiger partial charge in [0.05, 0.1) is 0 Å². The fraction of sp³-hybridized carbons (Fsp3) is 0.208. The van der Waals surface area contributed by atoms with Gasteiger partial charge >= 0.3 is 0 Å². The Hall–Kier alpha value is -3.14. The molecule has 0 saturated heterocycles. The van der Waals surface area contributed by atoms with Crippen LogP contribution in [0.15, 0.2) is 66.7 Å². The molecule has 0 radical (unpaired) electrons. The second kappa shape index (κ2) is 7.85. The number of benzene rings is 3. The van der Waals surface area contributed by atoms with Crippen LogP contribution in [0.25, 0.3) is 0 Å². The molecule has 0 aliphatic heterocycles. The molecule has 0 bridgehead atoms. The number of ether oxygens (including phenoxy) is 1. The minimum absolute atomic E-state index is 0.0308. The maximum absolute atomic E-state index is 13.4. The van der Waals surface area contributed by atoms with Crippen molar-refractivity contribution in [3.63, 3.8) is 0 Å². The minimum atomic E-state index is -0.238. The number of aromatic hydroxyl groups is 1. The van der Waals surface area contributed by atoms with Crippen molar-refractivity contribution in [2.75, 3.05) is 6.61 Å². The Morgan fingerprint density at radius 3 is 2.43 bits per heavy atom. The normalized spacial score (nSPS) is 18.3. The molecule has 1 aliphatic rings. The van der Waals surface area contributed by atoms with Crippen molar-refractivity contribution in [2.24, 2.45) is 0 Å². The average molecular weight is 376 g/mol. The first kappa shape index (κ1) is 18.2. The van der Waals surface area contributed by atoms with E-state index < -0.39 is 0 Å². The number of hydrogen-bond acceptors (Lipinski definition) is 3. The van der Waals surface area contributed by atoms with Crippen LogP contribution in [0.4, 0.5) is 4.39 Å². The Labute approximate surface area is 163 Å². The average Bonchev–Trinajstić information content (AvgIpc) is 2.72. The number of halogens is 1. The molecule has 1 N–H and O–H groups in total. The summed E-state index contributed by atoms with van der Waals surface area (Å²) < 4.78 is 18.8. The van der Waals surface area contributed by atoms with Crippen LogP contribution >= 0.6 is 0 Å². The van der Waals surface area contributed by atoms with Crippen LogP contribution in [0.5, 0.6) is 11.5 Å². The van der Waals surface area contributed by atoms with Crippen LogP contribution in [-0.2, 0) is 11.2 Å². The van der Waals surface area contributed by atoms with Gasteiger partial charge in [-0.3, -0.25) is 4.79 Å². The maximum atomic E-state index is 13.4. The lowest BCUT2D eigenvalue weighted by Crippen LogP contribution is -2.20. The molecule has 0 fully saturated rings. The van der Waals surface area contributed by atoms with E-state index in [0.29, 0.717) is 5.75 Å². The number of rotatable bonds is 5. The maximum Gasteiger partial charge on any atom is 0.157 e. The minimum Gasteiger partial charge on any atom is -0.508 e.